The van der Waals surface area contributed by atoms with Crippen LogP contribution in [0.3, 0.4) is 0 Å². The van der Waals surface area contributed by atoms with E-state index < -0.39 is 15.8 Å². The molecule has 1 aromatic carbocycles. The Labute approximate surface area is 128 Å². The van der Waals surface area contributed by atoms with Crippen LogP contribution in [-0.4, -0.2) is 39.5 Å². The van der Waals surface area contributed by atoms with E-state index >= 15 is 0 Å². The number of benzene rings is 1. The number of anilines is 1. The Morgan fingerprint density at radius 1 is 1.48 bits per heavy atom. The van der Waals surface area contributed by atoms with Crippen molar-refractivity contribution in [1.82, 2.24) is 4.31 Å². The lowest BCUT2D eigenvalue weighted by atomic mass is 10.1. The number of methoxy groups -OCH3 is 1. The maximum absolute atomic E-state index is 13.3. The first-order valence-corrected chi connectivity index (χ1v) is 8.09. The third-order valence-electron chi connectivity index (χ3n) is 3.26. The fraction of sp³-hybridized carbons (Fsp3) is 0.385. The molecule has 21 heavy (non-hydrogen) atoms. The van der Waals surface area contributed by atoms with Crippen molar-refractivity contribution in [1.29, 1.82) is 0 Å². The van der Waals surface area contributed by atoms with Crippen LogP contribution in [0.1, 0.15) is 6.42 Å². The fourth-order valence-corrected chi connectivity index (χ4v) is 4.01. The van der Waals surface area contributed by atoms with Crippen LogP contribution in [0, 0.1) is 5.82 Å². The summed E-state index contributed by atoms with van der Waals surface area (Å²) in [4.78, 5) is -0.174. The summed E-state index contributed by atoms with van der Waals surface area (Å²) in [6, 6.07) is 1.97. The molecular weight excluding hydrogens is 319 g/mol. The van der Waals surface area contributed by atoms with Gasteiger partial charge < -0.3 is 10.5 Å². The summed E-state index contributed by atoms with van der Waals surface area (Å²) in [7, 11) is -2.21. The number of halogens is 2. The molecule has 1 aliphatic rings. The molecular formula is C13H16ClFN2O3S. The smallest absolute Gasteiger partial charge is 0.244 e. The van der Waals surface area contributed by atoms with E-state index in [1.807, 2.05) is 6.08 Å². The van der Waals surface area contributed by atoms with E-state index in [1.165, 1.54) is 4.31 Å². The van der Waals surface area contributed by atoms with Crippen LogP contribution in [0.15, 0.2) is 28.7 Å². The average Bonchev–Trinajstić information content (AvgIpc) is 2.43. The highest BCUT2D eigenvalue weighted by Gasteiger charge is 2.28. The molecule has 0 bridgehead atoms. The summed E-state index contributed by atoms with van der Waals surface area (Å²) >= 11 is 5.85. The van der Waals surface area contributed by atoms with Gasteiger partial charge in [-0.1, -0.05) is 17.7 Å². The van der Waals surface area contributed by atoms with Crippen molar-refractivity contribution in [2.45, 2.75) is 11.3 Å². The maximum Gasteiger partial charge on any atom is 0.244 e. The summed E-state index contributed by atoms with van der Waals surface area (Å²) in [6.45, 7) is 1.04. The van der Waals surface area contributed by atoms with E-state index in [9.17, 15) is 12.8 Å². The van der Waals surface area contributed by atoms with Crippen molar-refractivity contribution in [3.63, 3.8) is 0 Å². The largest absolute Gasteiger partial charge is 0.396 e. The first-order valence-electron chi connectivity index (χ1n) is 6.27. The first kappa shape index (κ1) is 16.2. The normalized spacial score (nSPS) is 16.8. The molecule has 0 aliphatic carbocycles. The zero-order chi connectivity index (χ0) is 15.6. The van der Waals surface area contributed by atoms with Gasteiger partial charge in [0.05, 0.1) is 17.3 Å². The molecule has 2 N–H and O–H groups in total. The molecule has 0 unspecified atom stereocenters. The number of nitrogens with zero attached hydrogens (tertiary/aromatic N) is 1. The minimum absolute atomic E-state index is 0.173. The molecule has 0 atom stereocenters. The predicted octanol–water partition coefficient (Wildman–Crippen LogP) is 2.03. The summed E-state index contributed by atoms with van der Waals surface area (Å²) < 4.78 is 44.7. The van der Waals surface area contributed by atoms with Gasteiger partial charge in [-0.25, -0.2) is 12.8 Å². The third kappa shape index (κ3) is 3.37. The van der Waals surface area contributed by atoms with Gasteiger partial charge in [-0.15, -0.1) is 0 Å². The standard InChI is InChI=1S/C13H16ClFN2O3S/c1-20-8-9-2-4-17(5-3-9)21(18,19)13-7-12(16)11(15)6-10(13)14/h2,6-7H,3-5,8,16H2,1H3. The lowest BCUT2D eigenvalue weighted by Gasteiger charge is -2.26. The number of sulfonamides is 1. The molecule has 1 aliphatic heterocycles. The van der Waals surface area contributed by atoms with Gasteiger partial charge in [-0.2, -0.15) is 4.31 Å². The van der Waals surface area contributed by atoms with E-state index in [2.05, 4.69) is 0 Å². The van der Waals surface area contributed by atoms with Crippen LogP contribution in [0.4, 0.5) is 10.1 Å². The molecule has 116 valence electrons. The zero-order valence-electron chi connectivity index (χ0n) is 11.5. The Morgan fingerprint density at radius 3 is 2.76 bits per heavy atom. The van der Waals surface area contributed by atoms with E-state index in [0.717, 1.165) is 17.7 Å². The Morgan fingerprint density at radius 2 is 2.19 bits per heavy atom. The van der Waals surface area contributed by atoms with Crippen LogP contribution >= 0.6 is 11.6 Å². The fourth-order valence-electron chi connectivity index (χ4n) is 2.11. The second-order valence-corrected chi connectivity index (χ2v) is 7.03. The van der Waals surface area contributed by atoms with Gasteiger partial charge in [0.25, 0.3) is 0 Å². The number of rotatable bonds is 4. The first-order chi connectivity index (χ1) is 9.86. The Balaban J connectivity index is 2.30. The molecule has 0 aromatic heterocycles. The quantitative estimate of drug-likeness (QED) is 0.675. The van der Waals surface area contributed by atoms with Crippen LogP contribution < -0.4 is 5.73 Å². The molecule has 0 spiro atoms. The second-order valence-electron chi connectivity index (χ2n) is 4.71. The summed E-state index contributed by atoms with van der Waals surface area (Å²) in [5.41, 5.74) is 6.24. The molecule has 0 saturated carbocycles. The van der Waals surface area contributed by atoms with Crippen molar-refractivity contribution in [2.75, 3.05) is 32.5 Å². The molecule has 5 nitrogen and oxygen atoms in total. The van der Waals surface area contributed by atoms with Crippen molar-refractivity contribution in [3.05, 3.63) is 34.6 Å². The highest BCUT2D eigenvalue weighted by atomic mass is 35.5. The van der Waals surface area contributed by atoms with Crippen molar-refractivity contribution < 1.29 is 17.5 Å². The Hall–Kier alpha value is -1.15. The van der Waals surface area contributed by atoms with Gasteiger partial charge in [0, 0.05) is 20.2 Å². The lowest BCUT2D eigenvalue weighted by molar-refractivity contribution is 0.219. The Bertz CT molecular complexity index is 676. The molecule has 1 aromatic rings. The maximum atomic E-state index is 13.3. The van der Waals surface area contributed by atoms with Gasteiger partial charge >= 0.3 is 0 Å². The second kappa shape index (κ2) is 6.31. The third-order valence-corrected chi connectivity index (χ3v) is 5.59. The van der Waals surface area contributed by atoms with Crippen LogP contribution in [0.2, 0.25) is 5.02 Å². The molecule has 0 saturated heterocycles. The van der Waals surface area contributed by atoms with Gasteiger partial charge in [-0.05, 0) is 24.1 Å². The van der Waals surface area contributed by atoms with E-state index in [1.54, 1.807) is 7.11 Å². The number of nitrogens with two attached hydrogens (primary N) is 1. The summed E-state index contributed by atoms with van der Waals surface area (Å²) in [6.07, 6.45) is 2.40. The number of hydrogen-bond donors (Lipinski definition) is 1. The van der Waals surface area contributed by atoms with Crippen molar-refractivity contribution in [3.8, 4) is 0 Å². The minimum Gasteiger partial charge on any atom is -0.396 e. The zero-order valence-corrected chi connectivity index (χ0v) is 13.0. The SMILES string of the molecule is COCC1=CCN(S(=O)(=O)c2cc(N)c(F)cc2Cl)CC1. The van der Waals surface area contributed by atoms with Gasteiger partial charge in [-0.3, -0.25) is 0 Å². The Kier molecular flexibility index (Phi) is 4.88. The van der Waals surface area contributed by atoms with Gasteiger partial charge in [0.1, 0.15) is 10.7 Å². The molecule has 0 fully saturated rings. The van der Waals surface area contributed by atoms with E-state index in [4.69, 9.17) is 22.1 Å². The number of hydrogen-bond acceptors (Lipinski definition) is 4. The average molecular weight is 335 g/mol. The van der Waals surface area contributed by atoms with Crippen LogP contribution in [0.25, 0.3) is 0 Å². The number of ether oxygens (including phenoxy) is 1. The van der Waals surface area contributed by atoms with Crippen molar-refractivity contribution in [2.24, 2.45) is 0 Å². The van der Waals surface area contributed by atoms with E-state index in [0.29, 0.717) is 19.6 Å². The van der Waals surface area contributed by atoms with E-state index in [-0.39, 0.29) is 22.2 Å². The highest BCUT2D eigenvalue weighted by molar-refractivity contribution is 7.89. The number of nitrogen functional groups attached to an aromatic ring is 1. The van der Waals surface area contributed by atoms with Gasteiger partial charge in [0.15, 0.2) is 0 Å². The monoisotopic (exact) mass is 334 g/mol. The van der Waals surface area contributed by atoms with Crippen LogP contribution in [-0.2, 0) is 14.8 Å². The highest BCUT2D eigenvalue weighted by Crippen LogP contribution is 2.30. The molecule has 0 amide bonds. The summed E-state index contributed by atoms with van der Waals surface area (Å²) in [5, 5.41) is -0.173. The molecule has 2 rings (SSSR count). The topological polar surface area (TPSA) is 72.6 Å². The molecule has 8 heteroatoms. The summed E-state index contributed by atoms with van der Waals surface area (Å²) in [5.74, 6) is -0.736. The van der Waals surface area contributed by atoms with Gasteiger partial charge in [0.2, 0.25) is 10.0 Å². The van der Waals surface area contributed by atoms with Crippen LogP contribution in [0.5, 0.6) is 0 Å². The predicted molar refractivity (Wildman–Crippen MR) is 79.2 cm³/mol. The lowest BCUT2D eigenvalue weighted by Crippen LogP contribution is -2.35. The molecule has 1 heterocycles. The van der Waals surface area contributed by atoms with Crippen molar-refractivity contribution >= 4 is 27.3 Å². The molecule has 0 radical (unpaired) electrons. The minimum atomic E-state index is -3.80.